The number of aliphatic hydroxyl groups is 1. The number of carbonyl (C=O) groups excluding carboxylic acids is 1. The van der Waals surface area contributed by atoms with Crippen molar-refractivity contribution < 1.29 is 9.90 Å². The Morgan fingerprint density at radius 3 is 2.46 bits per heavy atom. The molecule has 1 amide bonds. The lowest BCUT2D eigenvalue weighted by molar-refractivity contribution is -0.125. The zero-order chi connectivity index (χ0) is 18.7. The molecule has 0 bridgehead atoms. The van der Waals surface area contributed by atoms with Crippen molar-refractivity contribution in [1.82, 2.24) is 10.3 Å². The SMILES string of the molecule is CC1(C)C(C(=O)N[C@H](c2cnc3ccccc3c2)C2CC(O)C2)C1(C)C. The molecule has 1 aromatic heterocycles. The van der Waals surface area contributed by atoms with Crippen LogP contribution in [0.4, 0.5) is 0 Å². The van der Waals surface area contributed by atoms with Crippen molar-refractivity contribution in [1.29, 1.82) is 0 Å². The molecule has 1 aromatic carbocycles. The first-order chi connectivity index (χ1) is 12.2. The largest absolute Gasteiger partial charge is 0.393 e. The Hall–Kier alpha value is -1.94. The monoisotopic (exact) mass is 352 g/mol. The Balaban J connectivity index is 1.61. The third-order valence-corrected chi connectivity index (χ3v) is 7.17. The Bertz CT molecular complexity index is 838. The number of benzene rings is 1. The summed E-state index contributed by atoms with van der Waals surface area (Å²) in [5.74, 6) is 0.414. The van der Waals surface area contributed by atoms with E-state index < -0.39 is 0 Å². The molecule has 4 nitrogen and oxygen atoms in total. The van der Waals surface area contributed by atoms with E-state index in [4.69, 9.17) is 0 Å². The summed E-state index contributed by atoms with van der Waals surface area (Å²) in [6, 6.07) is 10.1. The number of hydrogen-bond acceptors (Lipinski definition) is 3. The summed E-state index contributed by atoms with van der Waals surface area (Å²) >= 11 is 0. The second-order valence-corrected chi connectivity index (χ2v) is 9.21. The zero-order valence-corrected chi connectivity index (χ0v) is 16.0. The third-order valence-electron chi connectivity index (χ3n) is 7.17. The molecule has 4 rings (SSSR count). The number of rotatable bonds is 4. The van der Waals surface area contributed by atoms with Gasteiger partial charge < -0.3 is 10.4 Å². The number of nitrogens with zero attached hydrogens (tertiary/aromatic N) is 1. The van der Waals surface area contributed by atoms with Gasteiger partial charge in [0.25, 0.3) is 0 Å². The van der Waals surface area contributed by atoms with Gasteiger partial charge >= 0.3 is 0 Å². The van der Waals surface area contributed by atoms with Crippen molar-refractivity contribution in [2.75, 3.05) is 0 Å². The van der Waals surface area contributed by atoms with Crippen LogP contribution in [0.3, 0.4) is 0 Å². The standard InChI is InChI=1S/C22H28N2O2/c1-21(2)19(22(21,3)4)20(26)24-18(14-10-16(25)11-14)15-9-13-7-5-6-8-17(13)23-12-15/h5-9,12,14,16,18-19,25H,10-11H2,1-4H3,(H,24,26)/t14?,16?,18-/m0/s1. The third kappa shape index (κ3) is 2.62. The van der Waals surface area contributed by atoms with E-state index in [-0.39, 0.29) is 40.7 Å². The molecule has 2 aliphatic carbocycles. The Kier molecular flexibility index (Phi) is 3.88. The topological polar surface area (TPSA) is 62.2 Å². The van der Waals surface area contributed by atoms with Gasteiger partial charge in [-0.15, -0.1) is 0 Å². The lowest BCUT2D eigenvalue weighted by Gasteiger charge is -2.38. The van der Waals surface area contributed by atoms with E-state index in [0.29, 0.717) is 0 Å². The summed E-state index contributed by atoms with van der Waals surface area (Å²) in [5, 5.41) is 14.2. The first-order valence-electron chi connectivity index (χ1n) is 9.55. The first kappa shape index (κ1) is 17.5. The average molecular weight is 352 g/mol. The first-order valence-corrected chi connectivity index (χ1v) is 9.55. The molecule has 1 atom stereocenters. The van der Waals surface area contributed by atoms with Gasteiger partial charge in [0.2, 0.25) is 5.91 Å². The maximum atomic E-state index is 13.0. The van der Waals surface area contributed by atoms with Crippen LogP contribution >= 0.6 is 0 Å². The quantitative estimate of drug-likeness (QED) is 0.879. The Labute approximate surface area is 155 Å². The second-order valence-electron chi connectivity index (χ2n) is 9.21. The normalized spacial score (nSPS) is 27.6. The van der Waals surface area contributed by atoms with Crippen LogP contribution in [-0.2, 0) is 4.79 Å². The van der Waals surface area contributed by atoms with Gasteiger partial charge in [-0.25, -0.2) is 0 Å². The van der Waals surface area contributed by atoms with Crippen molar-refractivity contribution in [3.8, 4) is 0 Å². The highest BCUT2D eigenvalue weighted by molar-refractivity contribution is 5.85. The summed E-state index contributed by atoms with van der Waals surface area (Å²) in [4.78, 5) is 17.6. The molecule has 138 valence electrons. The number of amides is 1. The molecule has 2 aliphatic rings. The molecule has 26 heavy (non-hydrogen) atoms. The van der Waals surface area contributed by atoms with E-state index in [9.17, 15) is 9.90 Å². The number of aromatic nitrogens is 1. The van der Waals surface area contributed by atoms with Crippen molar-refractivity contribution in [3.05, 3.63) is 42.1 Å². The molecule has 2 saturated carbocycles. The highest BCUT2D eigenvalue weighted by atomic mass is 16.3. The minimum absolute atomic E-state index is 0.0163. The van der Waals surface area contributed by atoms with Crippen molar-refractivity contribution in [2.24, 2.45) is 22.7 Å². The molecule has 2 N–H and O–H groups in total. The molecule has 1 heterocycles. The molecule has 0 unspecified atom stereocenters. The molecule has 0 aliphatic heterocycles. The van der Waals surface area contributed by atoms with E-state index in [0.717, 1.165) is 29.3 Å². The van der Waals surface area contributed by atoms with Gasteiger partial charge in [-0.3, -0.25) is 9.78 Å². The molecule has 2 aromatic rings. The number of nitrogens with one attached hydrogen (secondary N) is 1. The van der Waals surface area contributed by atoms with Gasteiger partial charge in [0.05, 0.1) is 17.7 Å². The van der Waals surface area contributed by atoms with Gasteiger partial charge in [0.15, 0.2) is 0 Å². The Morgan fingerprint density at radius 2 is 1.85 bits per heavy atom. The van der Waals surface area contributed by atoms with Gasteiger partial charge in [0, 0.05) is 17.5 Å². The van der Waals surface area contributed by atoms with E-state index in [1.807, 2.05) is 30.5 Å². The van der Waals surface area contributed by atoms with Crippen LogP contribution in [0.1, 0.15) is 52.1 Å². The van der Waals surface area contributed by atoms with Gasteiger partial charge in [-0.2, -0.15) is 0 Å². The number of para-hydroxylation sites is 1. The molecule has 2 fully saturated rings. The fourth-order valence-corrected chi connectivity index (χ4v) is 4.72. The minimum Gasteiger partial charge on any atom is -0.393 e. The number of pyridine rings is 1. The molecule has 4 heteroatoms. The highest BCUT2D eigenvalue weighted by Crippen LogP contribution is 2.68. The Morgan fingerprint density at radius 1 is 1.19 bits per heavy atom. The number of hydrogen-bond donors (Lipinski definition) is 2. The smallest absolute Gasteiger partial charge is 0.224 e. The van der Waals surface area contributed by atoms with Crippen LogP contribution < -0.4 is 5.32 Å². The van der Waals surface area contributed by atoms with Crippen molar-refractivity contribution in [2.45, 2.75) is 52.7 Å². The fourth-order valence-electron chi connectivity index (χ4n) is 4.72. The van der Waals surface area contributed by atoms with Crippen molar-refractivity contribution in [3.63, 3.8) is 0 Å². The van der Waals surface area contributed by atoms with Gasteiger partial charge in [0.1, 0.15) is 0 Å². The lowest BCUT2D eigenvalue weighted by atomic mass is 9.75. The van der Waals surface area contributed by atoms with Gasteiger partial charge in [-0.1, -0.05) is 45.9 Å². The molecule has 0 spiro atoms. The predicted molar refractivity (Wildman–Crippen MR) is 102 cm³/mol. The maximum absolute atomic E-state index is 13.0. The average Bonchev–Trinajstić information content (AvgIpc) is 2.98. The molecule has 0 saturated heterocycles. The van der Waals surface area contributed by atoms with E-state index in [1.165, 1.54) is 0 Å². The second kappa shape index (κ2) is 5.78. The maximum Gasteiger partial charge on any atom is 0.224 e. The summed E-state index contributed by atoms with van der Waals surface area (Å²) in [7, 11) is 0. The summed E-state index contributed by atoms with van der Waals surface area (Å²) in [6.07, 6.45) is 3.09. The van der Waals surface area contributed by atoms with E-state index in [1.54, 1.807) is 0 Å². The van der Waals surface area contributed by atoms with E-state index in [2.05, 4.69) is 44.1 Å². The van der Waals surface area contributed by atoms with Gasteiger partial charge in [-0.05, 0) is 47.3 Å². The zero-order valence-electron chi connectivity index (χ0n) is 16.0. The van der Waals surface area contributed by atoms with Crippen LogP contribution in [0, 0.1) is 22.7 Å². The minimum atomic E-state index is -0.248. The summed E-state index contributed by atoms with van der Waals surface area (Å²) < 4.78 is 0. The molecular weight excluding hydrogens is 324 g/mol. The summed E-state index contributed by atoms with van der Waals surface area (Å²) in [5.41, 5.74) is 2.02. The van der Waals surface area contributed by atoms with E-state index >= 15 is 0 Å². The molecule has 0 radical (unpaired) electrons. The molecular formula is C22H28N2O2. The fraction of sp³-hybridized carbons (Fsp3) is 0.545. The van der Waals surface area contributed by atoms with Crippen LogP contribution in [0.2, 0.25) is 0 Å². The predicted octanol–water partition coefficient (Wildman–Crippen LogP) is 3.85. The number of aliphatic hydroxyl groups excluding tert-OH is 1. The number of carbonyl (C=O) groups is 1. The highest BCUT2D eigenvalue weighted by Gasteiger charge is 2.68. The van der Waals surface area contributed by atoms with Crippen molar-refractivity contribution >= 4 is 16.8 Å². The lowest BCUT2D eigenvalue weighted by Crippen LogP contribution is -2.42. The summed E-state index contributed by atoms with van der Waals surface area (Å²) in [6.45, 7) is 8.65. The van der Waals surface area contributed by atoms with Crippen LogP contribution in [0.15, 0.2) is 36.5 Å². The van der Waals surface area contributed by atoms with Crippen LogP contribution in [0.5, 0.6) is 0 Å². The van der Waals surface area contributed by atoms with Crippen LogP contribution in [0.25, 0.3) is 10.9 Å². The number of fused-ring (bicyclic) bond motifs is 1. The van der Waals surface area contributed by atoms with Crippen LogP contribution in [-0.4, -0.2) is 22.1 Å².